The van der Waals surface area contributed by atoms with Gasteiger partial charge in [-0.15, -0.1) is 0 Å². The van der Waals surface area contributed by atoms with Gasteiger partial charge in [-0.05, 0) is 24.3 Å². The van der Waals surface area contributed by atoms with Crippen molar-refractivity contribution in [1.82, 2.24) is 0 Å². The molecule has 0 spiro atoms. The van der Waals surface area contributed by atoms with Crippen LogP contribution in [0.3, 0.4) is 0 Å². The van der Waals surface area contributed by atoms with Crippen molar-refractivity contribution < 1.29 is 36.9 Å². The first-order chi connectivity index (χ1) is 18.4. The summed E-state index contributed by atoms with van der Waals surface area (Å²) in [4.78, 5) is 23.7. The van der Waals surface area contributed by atoms with E-state index in [0.29, 0.717) is 22.5 Å². The van der Waals surface area contributed by atoms with Gasteiger partial charge in [-0.2, -0.15) is 0 Å². The molecule has 0 aliphatic carbocycles. The van der Waals surface area contributed by atoms with Gasteiger partial charge in [0.25, 0.3) is 0 Å². The van der Waals surface area contributed by atoms with Crippen molar-refractivity contribution >= 4 is 22.9 Å². The van der Waals surface area contributed by atoms with Gasteiger partial charge < -0.3 is 10.2 Å². The molecular formula is C30H28CuN4O4. The first kappa shape index (κ1) is 30.6. The predicted octanol–water partition coefficient (Wildman–Crippen LogP) is 5.30. The first-order valence-corrected chi connectivity index (χ1v) is 11.6. The number of nitrogens with zero attached hydrogens (tertiary/aromatic N) is 2. The summed E-state index contributed by atoms with van der Waals surface area (Å²) >= 11 is 0. The molecule has 0 bridgehead atoms. The summed E-state index contributed by atoms with van der Waals surface area (Å²) in [5, 5.41) is 21.8. The molecule has 1 radical (unpaired) electrons. The zero-order valence-corrected chi connectivity index (χ0v) is 21.7. The molecule has 9 heteroatoms. The Morgan fingerprint density at radius 2 is 0.769 bits per heavy atom. The molecule has 8 nitrogen and oxygen atoms in total. The Balaban J connectivity index is 0.000000267. The van der Waals surface area contributed by atoms with Gasteiger partial charge in [-0.1, -0.05) is 97.1 Å². The topological polar surface area (TPSA) is 133 Å². The molecular weight excluding hydrogens is 544 g/mol. The Morgan fingerprint density at radius 1 is 0.513 bits per heavy atom. The van der Waals surface area contributed by atoms with Crippen LogP contribution in [0.2, 0.25) is 0 Å². The molecule has 0 aliphatic heterocycles. The monoisotopic (exact) mass is 571 g/mol. The summed E-state index contributed by atoms with van der Waals surface area (Å²) in [7, 11) is 0. The van der Waals surface area contributed by atoms with Crippen molar-refractivity contribution in [1.29, 1.82) is 0 Å². The van der Waals surface area contributed by atoms with Crippen molar-refractivity contribution in [3.05, 3.63) is 156 Å². The van der Waals surface area contributed by atoms with Crippen LogP contribution in [0.4, 0.5) is 11.4 Å². The number of carbonyl (C=O) groups excluding carboxylic acids is 2. The second kappa shape index (κ2) is 15.6. The van der Waals surface area contributed by atoms with Gasteiger partial charge in [0.1, 0.15) is 0 Å². The van der Waals surface area contributed by atoms with E-state index in [1.165, 1.54) is 0 Å². The third kappa shape index (κ3) is 9.30. The van der Waals surface area contributed by atoms with Gasteiger partial charge >= 0.3 is 0 Å². The van der Waals surface area contributed by atoms with E-state index in [-0.39, 0.29) is 40.4 Å². The number of hydrogen-bond acceptors (Lipinski definition) is 8. The minimum absolute atomic E-state index is 0. The molecule has 0 fully saturated rings. The quantitative estimate of drug-likeness (QED) is 0.0559. The van der Waals surface area contributed by atoms with Crippen molar-refractivity contribution in [2.24, 2.45) is 11.7 Å². The minimum Gasteiger partial charge on any atom is -0.493 e. The fourth-order valence-electron chi connectivity index (χ4n) is 3.19. The van der Waals surface area contributed by atoms with Crippen molar-refractivity contribution in [2.45, 2.75) is 0 Å². The number of rotatable bonds is 8. The number of nitrogens with two attached hydrogens (primary N) is 2. The van der Waals surface area contributed by atoms with Crippen molar-refractivity contribution in [3.8, 4) is 0 Å². The van der Waals surface area contributed by atoms with Gasteiger partial charge in [-0.3, -0.25) is 9.59 Å². The number of ketones is 2. The zero-order chi connectivity index (χ0) is 27.3. The van der Waals surface area contributed by atoms with Crippen LogP contribution in [0.25, 0.3) is 0 Å². The van der Waals surface area contributed by atoms with E-state index in [0.717, 1.165) is 22.2 Å². The van der Waals surface area contributed by atoms with Gasteiger partial charge in [-0.25, -0.2) is 21.7 Å². The fraction of sp³-hybridized carbons (Fsp3) is 0. The van der Waals surface area contributed by atoms with Crippen LogP contribution in [-0.4, -0.2) is 21.8 Å². The Bertz CT molecular complexity index is 1270. The van der Waals surface area contributed by atoms with E-state index in [1.807, 2.05) is 24.3 Å². The molecule has 0 amide bonds. The second-order valence-electron chi connectivity index (χ2n) is 7.88. The zero-order valence-electron chi connectivity index (χ0n) is 20.8. The molecule has 0 aliphatic rings. The number of para-hydroxylation sites is 2. The third-order valence-corrected chi connectivity index (χ3v) is 5.20. The number of allylic oxidation sites excluding steroid dienone is 2. The van der Waals surface area contributed by atoms with E-state index in [4.69, 9.17) is 11.7 Å². The smallest absolute Gasteiger partial charge is 0.210 e. The summed E-state index contributed by atoms with van der Waals surface area (Å²) in [6.45, 7) is 0. The number of hydrogen-bond donors (Lipinski definition) is 4. The summed E-state index contributed by atoms with van der Waals surface area (Å²) < 4.78 is 0. The number of carbonyl (C=O) groups is 2. The number of aliphatic hydroxyl groups excluding tert-OH is 2. The summed E-state index contributed by atoms with van der Waals surface area (Å²) in [6.07, 6.45) is 2.20. The van der Waals surface area contributed by atoms with E-state index < -0.39 is 0 Å². The Kier molecular flexibility index (Phi) is 12.2. The predicted molar refractivity (Wildman–Crippen MR) is 149 cm³/mol. The SMILES string of the molecule is NN(/C(O)=C/C(=O)c1ccccc1)c1ccccc1.NN(/C(O)=C/C(=O)c1ccccc1)c1ccccc1.[Cu]. The van der Waals surface area contributed by atoms with Crippen LogP contribution in [-0.2, 0) is 17.1 Å². The number of aliphatic hydroxyl groups is 2. The average molecular weight is 572 g/mol. The molecule has 39 heavy (non-hydrogen) atoms. The maximum Gasteiger partial charge on any atom is 0.210 e. The molecule has 4 rings (SSSR count). The third-order valence-electron chi connectivity index (χ3n) is 5.20. The molecule has 6 N–H and O–H groups in total. The van der Waals surface area contributed by atoms with Gasteiger partial charge in [0.05, 0.1) is 11.4 Å². The Hall–Kier alpha value is -4.66. The molecule has 0 saturated carbocycles. The minimum atomic E-state index is -0.306. The van der Waals surface area contributed by atoms with E-state index >= 15 is 0 Å². The van der Waals surface area contributed by atoms with Crippen LogP contribution >= 0.6 is 0 Å². The van der Waals surface area contributed by atoms with E-state index in [9.17, 15) is 19.8 Å². The van der Waals surface area contributed by atoms with Crippen LogP contribution in [0, 0.1) is 0 Å². The standard InChI is InChI=1S/2C15H14N2O2.Cu/c2*16-17(13-9-5-2-6-10-13)15(19)11-14(18)12-7-3-1-4-8-12;/h2*1-11,19H,16H2;/b2*15-11-;. The maximum absolute atomic E-state index is 11.9. The maximum atomic E-state index is 11.9. The summed E-state index contributed by atoms with van der Waals surface area (Å²) in [5.74, 6) is 10.2. The van der Waals surface area contributed by atoms with Gasteiger partial charge in [0.15, 0.2) is 11.6 Å². The molecule has 0 saturated heterocycles. The van der Waals surface area contributed by atoms with Gasteiger partial charge in [0, 0.05) is 40.3 Å². The van der Waals surface area contributed by atoms with E-state index in [1.54, 1.807) is 97.1 Å². The normalized spacial score (nSPS) is 10.8. The fourth-order valence-corrected chi connectivity index (χ4v) is 3.19. The summed E-state index contributed by atoms with van der Waals surface area (Å²) in [5.41, 5.74) is 2.18. The average Bonchev–Trinajstić information content (AvgIpc) is 2.98. The van der Waals surface area contributed by atoms with Gasteiger partial charge in [0.2, 0.25) is 11.8 Å². The van der Waals surface area contributed by atoms with Crippen LogP contribution < -0.4 is 21.7 Å². The van der Waals surface area contributed by atoms with Crippen LogP contribution in [0.5, 0.6) is 0 Å². The molecule has 0 heterocycles. The first-order valence-electron chi connectivity index (χ1n) is 11.6. The Morgan fingerprint density at radius 3 is 1.05 bits per heavy atom. The van der Waals surface area contributed by atoms with Crippen LogP contribution in [0.1, 0.15) is 20.7 Å². The van der Waals surface area contributed by atoms with Crippen LogP contribution in [0.15, 0.2) is 145 Å². The largest absolute Gasteiger partial charge is 0.493 e. The van der Waals surface area contributed by atoms with E-state index in [2.05, 4.69) is 0 Å². The number of hydrazine groups is 2. The second-order valence-corrected chi connectivity index (χ2v) is 7.88. The molecule has 4 aromatic rings. The van der Waals surface area contributed by atoms with Crippen molar-refractivity contribution in [3.63, 3.8) is 0 Å². The number of anilines is 2. The molecule has 4 aromatic carbocycles. The summed E-state index contributed by atoms with van der Waals surface area (Å²) in [6, 6.07) is 35.2. The Labute approximate surface area is 237 Å². The molecule has 0 unspecified atom stereocenters. The molecule has 203 valence electrons. The number of benzene rings is 4. The molecule has 0 atom stereocenters. The van der Waals surface area contributed by atoms with Crippen molar-refractivity contribution in [2.75, 3.05) is 10.0 Å². The molecule has 0 aromatic heterocycles.